The van der Waals surface area contributed by atoms with Crippen LogP contribution < -0.4 is 5.73 Å². The topological polar surface area (TPSA) is 56.7 Å². The van der Waals surface area contributed by atoms with Crippen molar-refractivity contribution in [3.05, 3.63) is 34.3 Å². The van der Waals surface area contributed by atoms with Crippen LogP contribution in [0.2, 0.25) is 0 Å². The number of aryl methyl sites for hydroxylation is 1. The van der Waals surface area contributed by atoms with Gasteiger partial charge in [-0.2, -0.15) is 0 Å². The Kier molecular flexibility index (Phi) is 2.82. The average molecular weight is 236 g/mol. The highest BCUT2D eigenvalue weighted by Crippen LogP contribution is 2.20. The highest BCUT2D eigenvalue weighted by Gasteiger charge is 2.19. The van der Waals surface area contributed by atoms with Gasteiger partial charge in [0.2, 0.25) is 0 Å². The van der Waals surface area contributed by atoms with Gasteiger partial charge < -0.3 is 10.3 Å². The molecule has 0 saturated heterocycles. The molecule has 0 saturated carbocycles. The third-order valence-electron chi connectivity index (χ3n) is 2.53. The van der Waals surface area contributed by atoms with Crippen LogP contribution in [0.4, 0.5) is 0 Å². The first kappa shape index (κ1) is 11.3. The molecule has 4 nitrogen and oxygen atoms in total. The van der Waals surface area contributed by atoms with Crippen molar-refractivity contribution in [1.82, 2.24) is 14.5 Å². The zero-order valence-electron chi connectivity index (χ0n) is 9.77. The minimum Gasteiger partial charge on any atom is -0.328 e. The molecule has 0 aromatic carbocycles. The molecule has 0 radical (unpaired) electrons. The molecule has 0 aliphatic heterocycles. The molecule has 0 spiro atoms. The van der Waals surface area contributed by atoms with Gasteiger partial charge in [-0.3, -0.25) is 0 Å². The second-order valence-corrected chi connectivity index (χ2v) is 5.43. The summed E-state index contributed by atoms with van der Waals surface area (Å²) in [6, 6.07) is 0. The zero-order valence-corrected chi connectivity index (χ0v) is 10.6. The van der Waals surface area contributed by atoms with Crippen molar-refractivity contribution in [2.75, 3.05) is 0 Å². The molecule has 0 fully saturated rings. The maximum Gasteiger partial charge on any atom is 0.0952 e. The lowest BCUT2D eigenvalue weighted by molar-refractivity contribution is 0.504. The van der Waals surface area contributed by atoms with Crippen molar-refractivity contribution in [3.8, 4) is 0 Å². The highest BCUT2D eigenvalue weighted by molar-refractivity contribution is 7.09. The Morgan fingerprint density at radius 3 is 2.81 bits per heavy atom. The van der Waals surface area contributed by atoms with E-state index in [1.165, 1.54) is 4.88 Å². The van der Waals surface area contributed by atoms with Crippen LogP contribution in [-0.2, 0) is 12.1 Å². The van der Waals surface area contributed by atoms with Gasteiger partial charge in [0.25, 0.3) is 0 Å². The smallest absolute Gasteiger partial charge is 0.0952 e. The lowest BCUT2D eigenvalue weighted by atomic mass is 10.0. The molecule has 0 amide bonds. The largest absolute Gasteiger partial charge is 0.328 e. The third kappa shape index (κ3) is 2.15. The fraction of sp³-hybridized carbons (Fsp3) is 0.455. The molecule has 0 aliphatic rings. The van der Waals surface area contributed by atoms with Crippen LogP contribution in [0.25, 0.3) is 0 Å². The van der Waals surface area contributed by atoms with Crippen LogP contribution in [0.5, 0.6) is 0 Å². The number of thiazole rings is 1. The van der Waals surface area contributed by atoms with E-state index >= 15 is 0 Å². The van der Waals surface area contributed by atoms with E-state index in [9.17, 15) is 0 Å². The van der Waals surface area contributed by atoms with Crippen molar-refractivity contribution in [2.45, 2.75) is 32.9 Å². The number of hydrogen-bond donors (Lipinski definition) is 1. The maximum absolute atomic E-state index is 6.10. The van der Waals surface area contributed by atoms with E-state index in [2.05, 4.69) is 14.5 Å². The Balaban J connectivity index is 2.30. The van der Waals surface area contributed by atoms with E-state index in [0.717, 1.165) is 17.9 Å². The summed E-state index contributed by atoms with van der Waals surface area (Å²) in [5.74, 6) is 0. The van der Waals surface area contributed by atoms with Crippen molar-refractivity contribution in [2.24, 2.45) is 5.73 Å². The molecule has 2 aromatic heterocycles. The van der Waals surface area contributed by atoms with Crippen LogP contribution in [-0.4, -0.2) is 14.5 Å². The average Bonchev–Trinajstić information content (AvgIpc) is 2.76. The van der Waals surface area contributed by atoms with Gasteiger partial charge in [0, 0.05) is 11.1 Å². The van der Waals surface area contributed by atoms with Crippen molar-refractivity contribution < 1.29 is 0 Å². The molecule has 86 valence electrons. The van der Waals surface area contributed by atoms with E-state index in [-0.39, 0.29) is 5.54 Å². The summed E-state index contributed by atoms with van der Waals surface area (Å²) >= 11 is 1.67. The first-order valence-electron chi connectivity index (χ1n) is 5.17. The molecular formula is C11H16N4S. The second kappa shape index (κ2) is 3.99. The minimum absolute atomic E-state index is 0.366. The molecule has 0 unspecified atom stereocenters. The quantitative estimate of drug-likeness (QED) is 0.885. The van der Waals surface area contributed by atoms with Gasteiger partial charge in [-0.25, -0.2) is 9.97 Å². The molecule has 2 aromatic rings. The summed E-state index contributed by atoms with van der Waals surface area (Å²) in [5.41, 5.74) is 9.72. The number of nitrogens with two attached hydrogens (primary N) is 1. The van der Waals surface area contributed by atoms with Gasteiger partial charge in [-0.15, -0.1) is 11.3 Å². The summed E-state index contributed by atoms with van der Waals surface area (Å²) in [6.07, 6.45) is 3.65. The number of rotatable bonds is 3. The van der Waals surface area contributed by atoms with Crippen LogP contribution in [0, 0.1) is 6.92 Å². The fourth-order valence-corrected chi connectivity index (χ4v) is 2.39. The van der Waals surface area contributed by atoms with Gasteiger partial charge in [0.1, 0.15) is 0 Å². The molecule has 2 rings (SSSR count). The number of aromatic nitrogens is 3. The zero-order chi connectivity index (χ0) is 11.8. The summed E-state index contributed by atoms with van der Waals surface area (Å²) in [4.78, 5) is 9.66. The van der Waals surface area contributed by atoms with E-state index in [1.54, 1.807) is 11.3 Å². The number of hydrogen-bond acceptors (Lipinski definition) is 4. The molecule has 5 heteroatoms. The lowest BCUT2D eigenvalue weighted by Gasteiger charge is -2.20. The Labute approximate surface area is 99.2 Å². The Morgan fingerprint density at radius 2 is 2.25 bits per heavy atom. The first-order valence-corrected chi connectivity index (χ1v) is 6.05. The second-order valence-electron chi connectivity index (χ2n) is 4.49. The standard InChI is InChI=1S/C11H16N4S/c1-8-9(16-7-14-8)5-15-6-13-4-10(15)11(2,3)12/h4,6-7H,5,12H2,1-3H3. The summed E-state index contributed by atoms with van der Waals surface area (Å²) < 4.78 is 2.08. The fourth-order valence-electron chi connectivity index (χ4n) is 1.62. The van der Waals surface area contributed by atoms with Crippen LogP contribution >= 0.6 is 11.3 Å². The van der Waals surface area contributed by atoms with Crippen molar-refractivity contribution >= 4 is 11.3 Å². The van der Waals surface area contributed by atoms with Gasteiger partial charge in [-0.05, 0) is 20.8 Å². The molecular weight excluding hydrogens is 220 g/mol. The predicted molar refractivity (Wildman–Crippen MR) is 65.4 cm³/mol. The number of nitrogens with zero attached hydrogens (tertiary/aromatic N) is 3. The Morgan fingerprint density at radius 1 is 1.50 bits per heavy atom. The van der Waals surface area contributed by atoms with Gasteiger partial charge in [0.15, 0.2) is 0 Å². The summed E-state index contributed by atoms with van der Waals surface area (Å²) in [5, 5.41) is 0. The lowest BCUT2D eigenvalue weighted by Crippen LogP contribution is -2.31. The minimum atomic E-state index is -0.366. The third-order valence-corrected chi connectivity index (χ3v) is 3.45. The summed E-state index contributed by atoms with van der Waals surface area (Å²) in [7, 11) is 0. The molecule has 16 heavy (non-hydrogen) atoms. The number of imidazole rings is 1. The Hall–Kier alpha value is -1.20. The van der Waals surface area contributed by atoms with E-state index in [1.807, 2.05) is 38.8 Å². The molecule has 0 aliphatic carbocycles. The SMILES string of the molecule is Cc1ncsc1Cn1cncc1C(C)(C)N. The van der Waals surface area contributed by atoms with Gasteiger partial charge in [-0.1, -0.05) is 0 Å². The molecule has 2 heterocycles. The molecule has 0 atom stereocenters. The predicted octanol–water partition coefficient (Wildman–Crippen LogP) is 1.89. The van der Waals surface area contributed by atoms with Crippen LogP contribution in [0.15, 0.2) is 18.0 Å². The van der Waals surface area contributed by atoms with E-state index in [0.29, 0.717) is 0 Å². The molecule has 2 N–H and O–H groups in total. The van der Waals surface area contributed by atoms with Crippen molar-refractivity contribution in [3.63, 3.8) is 0 Å². The first-order chi connectivity index (χ1) is 7.48. The monoisotopic (exact) mass is 236 g/mol. The van der Waals surface area contributed by atoms with Crippen LogP contribution in [0.1, 0.15) is 30.1 Å². The van der Waals surface area contributed by atoms with Gasteiger partial charge >= 0.3 is 0 Å². The van der Waals surface area contributed by atoms with Gasteiger partial charge in [0.05, 0.1) is 35.3 Å². The molecule has 0 bridgehead atoms. The van der Waals surface area contributed by atoms with E-state index < -0.39 is 0 Å². The van der Waals surface area contributed by atoms with E-state index in [4.69, 9.17) is 5.73 Å². The van der Waals surface area contributed by atoms with Crippen molar-refractivity contribution in [1.29, 1.82) is 0 Å². The maximum atomic E-state index is 6.10. The highest BCUT2D eigenvalue weighted by atomic mass is 32.1. The van der Waals surface area contributed by atoms with Crippen LogP contribution in [0.3, 0.4) is 0 Å². The Bertz CT molecular complexity index is 478. The normalized spacial score (nSPS) is 12.0. The summed E-state index contributed by atoms with van der Waals surface area (Å²) in [6.45, 7) is 6.79.